The van der Waals surface area contributed by atoms with E-state index in [1.807, 2.05) is 12.1 Å². The molecular weight excluding hydrogens is 472 g/mol. The molecule has 33 heavy (non-hydrogen) atoms. The largest absolute Gasteiger partial charge is 0.416 e. The number of pyridine rings is 1. The van der Waals surface area contributed by atoms with Crippen LogP contribution in [0.25, 0.3) is 0 Å². The average Bonchev–Trinajstić information content (AvgIpc) is 3.21. The molecule has 0 radical (unpaired) electrons. The van der Waals surface area contributed by atoms with Crippen molar-refractivity contribution in [2.45, 2.75) is 31.1 Å². The van der Waals surface area contributed by atoms with Gasteiger partial charge in [0.15, 0.2) is 0 Å². The Labute approximate surface area is 199 Å². The first kappa shape index (κ1) is 22.2. The van der Waals surface area contributed by atoms with Gasteiger partial charge in [0.2, 0.25) is 0 Å². The zero-order chi connectivity index (χ0) is 23.2. The smallest absolute Gasteiger partial charge is 0.360 e. The monoisotopic (exact) mass is 492 g/mol. The zero-order valence-corrected chi connectivity index (χ0v) is 19.0. The Morgan fingerprint density at radius 3 is 2.09 bits per heavy atom. The molecule has 0 aliphatic carbocycles. The predicted molar refractivity (Wildman–Crippen MR) is 126 cm³/mol. The maximum absolute atomic E-state index is 12.9. The maximum Gasteiger partial charge on any atom is 0.416 e. The van der Waals surface area contributed by atoms with E-state index in [0.717, 1.165) is 54.3 Å². The Balaban J connectivity index is 1.29. The molecule has 0 saturated carbocycles. The predicted octanol–water partition coefficient (Wildman–Crippen LogP) is 7.33. The molecule has 1 fully saturated rings. The summed E-state index contributed by atoms with van der Waals surface area (Å²) in [7, 11) is 0. The van der Waals surface area contributed by atoms with Gasteiger partial charge in [-0.3, -0.25) is 0 Å². The minimum atomic E-state index is -4.31. The molecule has 1 saturated heterocycles. The van der Waals surface area contributed by atoms with E-state index in [1.54, 1.807) is 30.5 Å². The van der Waals surface area contributed by atoms with Crippen molar-refractivity contribution < 1.29 is 13.2 Å². The molecule has 0 amide bonds. The summed E-state index contributed by atoms with van der Waals surface area (Å²) in [6.45, 7) is 1.54. The van der Waals surface area contributed by atoms with Gasteiger partial charge in [0, 0.05) is 24.8 Å². The van der Waals surface area contributed by atoms with Crippen molar-refractivity contribution in [2.75, 3.05) is 28.6 Å². The number of fused-ring (bicyclic) bond motifs is 1. The summed E-state index contributed by atoms with van der Waals surface area (Å²) < 4.78 is 38.6. The second kappa shape index (κ2) is 8.61. The number of alkyl halides is 3. The van der Waals surface area contributed by atoms with Crippen LogP contribution in [0.3, 0.4) is 0 Å². The number of hydrogen-bond donors (Lipinski definition) is 2. The van der Waals surface area contributed by atoms with Crippen LogP contribution >= 0.6 is 23.2 Å². The fourth-order valence-electron chi connectivity index (χ4n) is 4.56. The number of anilines is 3. The summed E-state index contributed by atoms with van der Waals surface area (Å²) in [6.07, 6.45) is -1.02. The lowest BCUT2D eigenvalue weighted by Gasteiger charge is -2.34. The SMILES string of the molecule is FC(F)(F)c1ccc(C2CCN(c3ncccc3C3Nc4cc(Cl)c(Cl)cc4N3)CC2)cc1. The molecule has 9 heteroatoms. The van der Waals surface area contributed by atoms with E-state index in [0.29, 0.717) is 10.0 Å². The topological polar surface area (TPSA) is 40.2 Å². The third-order valence-electron chi connectivity index (χ3n) is 6.29. The van der Waals surface area contributed by atoms with E-state index >= 15 is 0 Å². The molecule has 5 rings (SSSR count). The van der Waals surface area contributed by atoms with Crippen LogP contribution in [0.15, 0.2) is 54.7 Å². The number of nitrogens with one attached hydrogen (secondary N) is 2. The fourth-order valence-corrected chi connectivity index (χ4v) is 4.88. The first-order valence-electron chi connectivity index (χ1n) is 10.7. The molecule has 2 aliphatic rings. The summed E-state index contributed by atoms with van der Waals surface area (Å²) in [6, 6.07) is 13.1. The third-order valence-corrected chi connectivity index (χ3v) is 7.01. The number of halogens is 5. The van der Waals surface area contributed by atoms with Gasteiger partial charge in [0.25, 0.3) is 0 Å². The van der Waals surface area contributed by atoms with Crippen LogP contribution in [0.5, 0.6) is 0 Å². The highest BCUT2D eigenvalue weighted by atomic mass is 35.5. The Morgan fingerprint density at radius 1 is 0.909 bits per heavy atom. The van der Waals surface area contributed by atoms with Gasteiger partial charge in [0.05, 0.1) is 27.0 Å². The minimum absolute atomic E-state index is 0.175. The van der Waals surface area contributed by atoms with Crippen LogP contribution < -0.4 is 15.5 Å². The number of nitrogens with zero attached hydrogens (tertiary/aromatic N) is 2. The molecule has 4 nitrogen and oxygen atoms in total. The normalized spacial score (nSPS) is 16.9. The van der Waals surface area contributed by atoms with E-state index in [1.165, 1.54) is 12.1 Å². The average molecular weight is 493 g/mol. The van der Waals surface area contributed by atoms with Crippen molar-refractivity contribution in [3.63, 3.8) is 0 Å². The Kier molecular flexibility index (Phi) is 5.79. The molecule has 0 unspecified atom stereocenters. The van der Waals surface area contributed by atoms with Crippen LogP contribution in [0.4, 0.5) is 30.4 Å². The quantitative estimate of drug-likeness (QED) is 0.401. The van der Waals surface area contributed by atoms with Crippen molar-refractivity contribution in [2.24, 2.45) is 0 Å². The van der Waals surface area contributed by atoms with Crippen molar-refractivity contribution in [1.82, 2.24) is 4.98 Å². The first-order valence-corrected chi connectivity index (χ1v) is 11.4. The number of aromatic nitrogens is 1. The molecule has 3 aromatic rings. The van der Waals surface area contributed by atoms with E-state index < -0.39 is 11.7 Å². The molecule has 2 N–H and O–H groups in total. The highest BCUT2D eigenvalue weighted by molar-refractivity contribution is 6.42. The van der Waals surface area contributed by atoms with Crippen LogP contribution in [0.2, 0.25) is 10.0 Å². The van der Waals surface area contributed by atoms with E-state index in [4.69, 9.17) is 23.2 Å². The van der Waals surface area contributed by atoms with Gasteiger partial charge in [-0.05, 0) is 60.7 Å². The van der Waals surface area contributed by atoms with Crippen molar-refractivity contribution >= 4 is 40.4 Å². The third kappa shape index (κ3) is 4.44. The fraction of sp³-hybridized carbons (Fsp3) is 0.292. The Hall–Kier alpha value is -2.64. The number of benzene rings is 2. The van der Waals surface area contributed by atoms with Gasteiger partial charge in [0.1, 0.15) is 12.0 Å². The Morgan fingerprint density at radius 2 is 1.52 bits per heavy atom. The van der Waals surface area contributed by atoms with Gasteiger partial charge in [-0.25, -0.2) is 4.98 Å². The number of hydrogen-bond acceptors (Lipinski definition) is 4. The second-order valence-corrected chi connectivity index (χ2v) is 9.15. The molecule has 2 aromatic carbocycles. The maximum atomic E-state index is 12.9. The number of piperidine rings is 1. The van der Waals surface area contributed by atoms with Crippen LogP contribution in [0.1, 0.15) is 41.6 Å². The summed E-state index contributed by atoms with van der Waals surface area (Å²) in [4.78, 5) is 6.89. The van der Waals surface area contributed by atoms with Gasteiger partial charge in [-0.15, -0.1) is 0 Å². The first-order chi connectivity index (χ1) is 15.8. The molecule has 2 aliphatic heterocycles. The van der Waals surface area contributed by atoms with E-state index in [2.05, 4.69) is 20.5 Å². The molecule has 3 heterocycles. The van der Waals surface area contributed by atoms with Gasteiger partial charge in [-0.1, -0.05) is 35.3 Å². The summed E-state index contributed by atoms with van der Waals surface area (Å²) in [5, 5.41) is 7.85. The molecule has 172 valence electrons. The molecule has 0 bridgehead atoms. The minimum Gasteiger partial charge on any atom is -0.360 e. The van der Waals surface area contributed by atoms with Crippen molar-refractivity contribution in [3.8, 4) is 0 Å². The van der Waals surface area contributed by atoms with Gasteiger partial charge in [-0.2, -0.15) is 13.2 Å². The van der Waals surface area contributed by atoms with Crippen LogP contribution in [-0.2, 0) is 6.18 Å². The molecule has 1 aromatic heterocycles. The summed E-state index contributed by atoms with van der Waals surface area (Å²) in [5.41, 5.74) is 3.11. The van der Waals surface area contributed by atoms with Crippen molar-refractivity contribution in [3.05, 3.63) is 81.5 Å². The lowest BCUT2D eigenvalue weighted by atomic mass is 9.89. The zero-order valence-electron chi connectivity index (χ0n) is 17.5. The standard InChI is InChI=1S/C24H21Cl2F3N4/c25-18-12-20-21(13-19(18)26)32-22(31-20)17-2-1-9-30-23(17)33-10-7-15(8-11-33)14-3-5-16(6-4-14)24(27,28)29/h1-6,9,12-13,15,22,31-32H,7-8,10-11H2. The summed E-state index contributed by atoms with van der Waals surface area (Å²) in [5.74, 6) is 1.12. The summed E-state index contributed by atoms with van der Waals surface area (Å²) >= 11 is 12.3. The molecule has 0 atom stereocenters. The lowest BCUT2D eigenvalue weighted by Crippen LogP contribution is -2.35. The van der Waals surface area contributed by atoms with Crippen molar-refractivity contribution in [1.29, 1.82) is 0 Å². The van der Waals surface area contributed by atoms with Crippen LogP contribution in [0, 0.1) is 0 Å². The van der Waals surface area contributed by atoms with Gasteiger partial charge >= 0.3 is 6.18 Å². The highest BCUT2D eigenvalue weighted by Crippen LogP contribution is 2.42. The van der Waals surface area contributed by atoms with Gasteiger partial charge < -0.3 is 15.5 Å². The molecule has 0 spiro atoms. The molecular formula is C24H21Cl2F3N4. The van der Waals surface area contributed by atoms with Crippen LogP contribution in [-0.4, -0.2) is 18.1 Å². The second-order valence-electron chi connectivity index (χ2n) is 8.33. The Bertz CT molecular complexity index is 1130. The van der Waals surface area contributed by atoms with E-state index in [-0.39, 0.29) is 12.1 Å². The van der Waals surface area contributed by atoms with E-state index in [9.17, 15) is 13.2 Å². The lowest BCUT2D eigenvalue weighted by molar-refractivity contribution is -0.137. The number of rotatable bonds is 3. The highest BCUT2D eigenvalue weighted by Gasteiger charge is 2.31.